The molecule has 0 aromatic heterocycles. The highest BCUT2D eigenvalue weighted by Gasteiger charge is 2.43. The van der Waals surface area contributed by atoms with Gasteiger partial charge in [0.1, 0.15) is 0 Å². The molecule has 0 aliphatic carbocycles. The Morgan fingerprint density at radius 2 is 1.18 bits per heavy atom. The maximum absolute atomic E-state index is 15.1. The molecule has 0 aromatic carbocycles. The summed E-state index contributed by atoms with van der Waals surface area (Å²) >= 11 is 0. The van der Waals surface area contributed by atoms with E-state index >= 15 is 4.48 Å². The van der Waals surface area contributed by atoms with Gasteiger partial charge >= 0.3 is 0 Å². The molecule has 0 fully saturated rings. The highest BCUT2D eigenvalue weighted by Crippen LogP contribution is 2.39. The van der Waals surface area contributed by atoms with Gasteiger partial charge < -0.3 is 21.1 Å². The van der Waals surface area contributed by atoms with Crippen LogP contribution < -0.4 is 5.73 Å². The summed E-state index contributed by atoms with van der Waals surface area (Å²) in [6, 6.07) is 0. The molecule has 5 nitrogen and oxygen atoms in total. The third-order valence-corrected chi connectivity index (χ3v) is 7.28. The van der Waals surface area contributed by atoms with Crippen LogP contribution in [0.1, 0.15) is 129 Å². The van der Waals surface area contributed by atoms with Gasteiger partial charge in [0.2, 0.25) is 0 Å². The zero-order valence-corrected chi connectivity index (χ0v) is 21.8. The maximum Gasteiger partial charge on any atom is 0.0584 e. The summed E-state index contributed by atoms with van der Waals surface area (Å²) in [7, 11) is 0. The van der Waals surface area contributed by atoms with Gasteiger partial charge in [0, 0.05) is 13.2 Å². The van der Waals surface area contributed by atoms with E-state index in [4.69, 9.17) is 5.73 Å². The standard InChI is InChI=1S/C27H57FN2O3/c1-2-3-4-5-6-7-8-9-10-11-12-13-14-15-17-26(18-23-31)27(20-24-32,19-16-21-29)30(28)22-25-33/h26,31-33H,2-25,29H2,1H3. The molecule has 0 aliphatic rings. The average molecular weight is 477 g/mol. The lowest BCUT2D eigenvalue weighted by molar-refractivity contribution is -0.138. The summed E-state index contributed by atoms with van der Waals surface area (Å²) in [6.07, 6.45) is 21.1. The molecule has 0 saturated carbocycles. The Morgan fingerprint density at radius 1 is 0.667 bits per heavy atom. The number of aliphatic hydroxyl groups is 3. The molecule has 200 valence electrons. The Morgan fingerprint density at radius 3 is 1.61 bits per heavy atom. The van der Waals surface area contributed by atoms with E-state index in [1.807, 2.05) is 0 Å². The number of unbranched alkanes of at least 4 members (excludes halogenated alkanes) is 13. The van der Waals surface area contributed by atoms with Crippen LogP contribution in [0.4, 0.5) is 4.48 Å². The van der Waals surface area contributed by atoms with Crippen LogP contribution in [0.25, 0.3) is 0 Å². The van der Waals surface area contributed by atoms with Crippen molar-refractivity contribution in [3.63, 3.8) is 0 Å². The van der Waals surface area contributed by atoms with E-state index in [0.29, 0.717) is 32.2 Å². The largest absolute Gasteiger partial charge is 0.396 e. The van der Waals surface area contributed by atoms with Crippen LogP contribution in [0.15, 0.2) is 0 Å². The fourth-order valence-electron chi connectivity index (χ4n) is 5.31. The lowest BCUT2D eigenvalue weighted by Gasteiger charge is -2.44. The van der Waals surface area contributed by atoms with Crippen molar-refractivity contribution >= 4 is 0 Å². The highest BCUT2D eigenvalue weighted by atomic mass is 19.2. The molecule has 0 aromatic rings. The van der Waals surface area contributed by atoms with Gasteiger partial charge in [-0.3, -0.25) is 0 Å². The van der Waals surface area contributed by atoms with Crippen molar-refractivity contribution < 1.29 is 19.8 Å². The predicted molar refractivity (Wildman–Crippen MR) is 138 cm³/mol. The molecule has 0 rings (SSSR count). The van der Waals surface area contributed by atoms with Gasteiger partial charge in [-0.15, -0.1) is 9.60 Å². The van der Waals surface area contributed by atoms with Gasteiger partial charge in [-0.1, -0.05) is 96.8 Å². The second-order valence-corrected chi connectivity index (χ2v) is 9.87. The fourth-order valence-corrected chi connectivity index (χ4v) is 5.31. The zero-order chi connectivity index (χ0) is 24.6. The van der Waals surface area contributed by atoms with Crippen molar-refractivity contribution in [2.75, 3.05) is 32.9 Å². The van der Waals surface area contributed by atoms with Crippen LogP contribution in [-0.4, -0.2) is 58.9 Å². The molecule has 0 bridgehead atoms. The average Bonchev–Trinajstić information content (AvgIpc) is 2.81. The first kappa shape index (κ1) is 32.7. The topological polar surface area (TPSA) is 90.0 Å². The summed E-state index contributed by atoms with van der Waals surface area (Å²) in [5.41, 5.74) is 4.84. The summed E-state index contributed by atoms with van der Waals surface area (Å²) in [5.74, 6) is -0.0601. The van der Waals surface area contributed by atoms with E-state index in [-0.39, 0.29) is 32.3 Å². The third kappa shape index (κ3) is 15.4. The van der Waals surface area contributed by atoms with Gasteiger partial charge in [-0.25, -0.2) is 0 Å². The number of β-amino-alcohol motifs (C(OH)–C–C–N with tert-alkyl or cyclic N) is 1. The summed E-state index contributed by atoms with van der Waals surface area (Å²) in [6.45, 7) is 2.27. The molecular weight excluding hydrogens is 419 g/mol. The monoisotopic (exact) mass is 476 g/mol. The molecule has 2 unspecified atom stereocenters. The number of aliphatic hydroxyl groups excluding tert-OH is 3. The van der Waals surface area contributed by atoms with Gasteiger partial charge in [-0.2, -0.15) is 0 Å². The van der Waals surface area contributed by atoms with Crippen LogP contribution >= 0.6 is 0 Å². The van der Waals surface area contributed by atoms with Crippen molar-refractivity contribution in [3.05, 3.63) is 0 Å². The van der Waals surface area contributed by atoms with Gasteiger partial charge in [0.05, 0.1) is 18.7 Å². The van der Waals surface area contributed by atoms with Crippen molar-refractivity contribution in [1.82, 2.24) is 5.12 Å². The van der Waals surface area contributed by atoms with Gasteiger partial charge in [-0.05, 0) is 44.6 Å². The number of hydrogen-bond acceptors (Lipinski definition) is 5. The SMILES string of the molecule is CCCCCCCCCCCCCCCCC(CCO)C(CCO)(CCCN)N(F)CCO. The van der Waals surface area contributed by atoms with E-state index in [9.17, 15) is 15.3 Å². The smallest absolute Gasteiger partial charge is 0.0584 e. The fraction of sp³-hybridized carbons (Fsp3) is 1.00. The Hall–Kier alpha value is -0.270. The molecule has 2 atom stereocenters. The van der Waals surface area contributed by atoms with Crippen molar-refractivity contribution in [2.24, 2.45) is 11.7 Å². The van der Waals surface area contributed by atoms with Crippen LogP contribution in [0.3, 0.4) is 0 Å². The minimum Gasteiger partial charge on any atom is -0.396 e. The first-order valence-electron chi connectivity index (χ1n) is 14.1. The summed E-state index contributed by atoms with van der Waals surface area (Å²) in [5, 5.41) is 29.3. The van der Waals surface area contributed by atoms with Crippen LogP contribution in [0.5, 0.6) is 0 Å². The summed E-state index contributed by atoms with van der Waals surface area (Å²) < 4.78 is 15.1. The van der Waals surface area contributed by atoms with Crippen LogP contribution in [0, 0.1) is 5.92 Å². The number of hydrogen-bond donors (Lipinski definition) is 4. The van der Waals surface area contributed by atoms with Crippen molar-refractivity contribution in [3.8, 4) is 0 Å². The second kappa shape index (κ2) is 23.5. The third-order valence-electron chi connectivity index (χ3n) is 7.28. The molecule has 0 spiro atoms. The van der Waals surface area contributed by atoms with E-state index in [2.05, 4.69) is 6.92 Å². The van der Waals surface area contributed by atoms with Crippen molar-refractivity contribution in [2.45, 2.75) is 134 Å². The molecule has 0 saturated heterocycles. The quantitative estimate of drug-likeness (QED) is 0.0922. The number of nitrogens with two attached hydrogens (primary N) is 1. The lowest BCUT2D eigenvalue weighted by atomic mass is 9.73. The molecule has 0 aliphatic heterocycles. The Kier molecular flexibility index (Phi) is 23.3. The van der Waals surface area contributed by atoms with E-state index in [1.54, 1.807) is 0 Å². The number of nitrogens with zero attached hydrogens (tertiary/aromatic N) is 1. The van der Waals surface area contributed by atoms with E-state index < -0.39 is 5.54 Å². The minimum absolute atomic E-state index is 0.00599. The molecule has 0 radical (unpaired) electrons. The molecule has 0 amide bonds. The predicted octanol–water partition coefficient (Wildman–Crippen LogP) is 5.90. The maximum atomic E-state index is 15.1. The lowest BCUT2D eigenvalue weighted by Crippen LogP contribution is -2.52. The van der Waals surface area contributed by atoms with Gasteiger partial charge in [0.25, 0.3) is 0 Å². The van der Waals surface area contributed by atoms with E-state index in [0.717, 1.165) is 24.4 Å². The molecule has 5 N–H and O–H groups in total. The van der Waals surface area contributed by atoms with E-state index in [1.165, 1.54) is 77.0 Å². The second-order valence-electron chi connectivity index (χ2n) is 9.87. The Balaban J connectivity index is 4.29. The molecule has 6 heteroatoms. The normalized spacial score (nSPS) is 14.6. The highest BCUT2D eigenvalue weighted by molar-refractivity contribution is 4.94. The minimum atomic E-state index is -0.865. The Bertz CT molecular complexity index is 404. The number of halogens is 1. The number of rotatable bonds is 26. The zero-order valence-electron chi connectivity index (χ0n) is 21.8. The van der Waals surface area contributed by atoms with Crippen LogP contribution in [-0.2, 0) is 0 Å². The first-order chi connectivity index (χ1) is 16.1. The Labute approximate surface area is 204 Å². The molecule has 0 heterocycles. The summed E-state index contributed by atoms with van der Waals surface area (Å²) in [4.78, 5) is 0. The van der Waals surface area contributed by atoms with Crippen molar-refractivity contribution in [1.29, 1.82) is 0 Å². The first-order valence-corrected chi connectivity index (χ1v) is 14.1. The van der Waals surface area contributed by atoms with Gasteiger partial charge in [0.15, 0.2) is 0 Å². The van der Waals surface area contributed by atoms with Crippen LogP contribution in [0.2, 0.25) is 0 Å². The molecule has 33 heavy (non-hydrogen) atoms. The molecular formula is C27H57FN2O3.